The van der Waals surface area contributed by atoms with E-state index in [0.29, 0.717) is 30.3 Å². The van der Waals surface area contributed by atoms with Crippen LogP contribution in [0.25, 0.3) is 0 Å². The van der Waals surface area contributed by atoms with Gasteiger partial charge in [-0.05, 0) is 29.3 Å². The number of carbonyl (C=O) groups is 2. The van der Waals surface area contributed by atoms with Crippen LogP contribution in [0.5, 0.6) is 5.75 Å². The van der Waals surface area contributed by atoms with Crippen LogP contribution < -0.4 is 10.1 Å². The molecule has 166 valence electrons. The molecule has 6 heteroatoms. The maximum Gasteiger partial charge on any atom is 0.243 e. The van der Waals surface area contributed by atoms with Crippen molar-refractivity contribution in [1.29, 1.82) is 0 Å². The van der Waals surface area contributed by atoms with E-state index in [0.717, 1.165) is 16.7 Å². The molecular formula is C26H27ClN2O3. The number of methoxy groups -OCH3 is 1. The van der Waals surface area contributed by atoms with Crippen molar-refractivity contribution in [3.63, 3.8) is 0 Å². The Bertz CT molecular complexity index is 1040. The quantitative estimate of drug-likeness (QED) is 0.517. The Kier molecular flexibility index (Phi) is 8.28. The molecule has 0 aliphatic rings. The summed E-state index contributed by atoms with van der Waals surface area (Å²) >= 11 is 6.00. The third-order valence-corrected chi connectivity index (χ3v) is 5.52. The van der Waals surface area contributed by atoms with Gasteiger partial charge in [-0.25, -0.2) is 0 Å². The molecule has 5 nitrogen and oxygen atoms in total. The lowest BCUT2D eigenvalue weighted by atomic mass is 10.0. The summed E-state index contributed by atoms with van der Waals surface area (Å²) in [7, 11) is 1.60. The predicted octanol–water partition coefficient (Wildman–Crippen LogP) is 4.62. The highest BCUT2D eigenvalue weighted by molar-refractivity contribution is 6.30. The first-order valence-corrected chi connectivity index (χ1v) is 10.8. The van der Waals surface area contributed by atoms with Gasteiger partial charge in [-0.15, -0.1) is 0 Å². The van der Waals surface area contributed by atoms with Crippen molar-refractivity contribution in [3.05, 3.63) is 101 Å². The molecule has 0 fully saturated rings. The number of hydrogen-bond acceptors (Lipinski definition) is 3. The fourth-order valence-corrected chi connectivity index (χ4v) is 3.68. The summed E-state index contributed by atoms with van der Waals surface area (Å²) in [5, 5.41) is 3.61. The second kappa shape index (κ2) is 11.3. The molecule has 0 bridgehead atoms. The summed E-state index contributed by atoms with van der Waals surface area (Å²) in [6.45, 7) is 2.11. The molecule has 0 unspecified atom stereocenters. The molecule has 0 spiro atoms. The Morgan fingerprint density at radius 2 is 1.59 bits per heavy atom. The number of rotatable bonds is 9. The van der Waals surface area contributed by atoms with E-state index < -0.39 is 6.04 Å². The summed E-state index contributed by atoms with van der Waals surface area (Å²) in [6, 6.07) is 23.9. The number of amides is 2. The third-order valence-electron chi connectivity index (χ3n) is 5.27. The molecule has 1 N–H and O–H groups in total. The number of nitrogens with zero attached hydrogens (tertiary/aromatic N) is 1. The van der Waals surface area contributed by atoms with Crippen molar-refractivity contribution in [3.8, 4) is 5.75 Å². The lowest BCUT2D eigenvalue weighted by molar-refractivity contribution is -0.139. The van der Waals surface area contributed by atoms with Gasteiger partial charge < -0.3 is 15.0 Å². The van der Waals surface area contributed by atoms with Crippen LogP contribution in [0.2, 0.25) is 5.02 Å². The van der Waals surface area contributed by atoms with Crippen molar-refractivity contribution in [2.75, 3.05) is 7.11 Å². The lowest BCUT2D eigenvalue weighted by Gasteiger charge is -2.30. The Labute approximate surface area is 194 Å². The van der Waals surface area contributed by atoms with Crippen LogP contribution >= 0.6 is 11.6 Å². The SMILES string of the molecule is COc1ccccc1CNC(=O)[C@H](Cc1ccccc1)N(Cc1ccc(Cl)cc1)C(C)=O. The van der Waals surface area contributed by atoms with E-state index in [1.54, 1.807) is 24.1 Å². The van der Waals surface area contributed by atoms with Crippen LogP contribution in [0.1, 0.15) is 23.6 Å². The summed E-state index contributed by atoms with van der Waals surface area (Å²) in [5.74, 6) is 0.314. The highest BCUT2D eigenvalue weighted by Crippen LogP contribution is 2.19. The van der Waals surface area contributed by atoms with Crippen LogP contribution in [0.15, 0.2) is 78.9 Å². The third kappa shape index (κ3) is 6.34. The number of halogens is 1. The number of nitrogens with one attached hydrogen (secondary N) is 1. The standard InChI is InChI=1S/C26H27ClN2O3/c1-19(30)29(18-21-12-14-23(27)15-13-21)24(16-20-8-4-3-5-9-20)26(31)28-17-22-10-6-7-11-25(22)32-2/h3-15,24H,16-18H2,1-2H3,(H,28,31)/t24-/m0/s1. The molecule has 0 aliphatic carbocycles. The van der Waals surface area contributed by atoms with Crippen molar-refractivity contribution < 1.29 is 14.3 Å². The second-order valence-corrected chi connectivity index (χ2v) is 7.94. The van der Waals surface area contributed by atoms with Gasteiger partial charge in [0.1, 0.15) is 11.8 Å². The number of hydrogen-bond donors (Lipinski definition) is 1. The fourth-order valence-electron chi connectivity index (χ4n) is 3.56. The minimum absolute atomic E-state index is 0.173. The average Bonchev–Trinajstić information content (AvgIpc) is 2.81. The first kappa shape index (κ1) is 23.4. The van der Waals surface area contributed by atoms with E-state index >= 15 is 0 Å². The zero-order chi connectivity index (χ0) is 22.9. The number of ether oxygens (including phenoxy) is 1. The zero-order valence-corrected chi connectivity index (χ0v) is 19.0. The highest BCUT2D eigenvalue weighted by atomic mass is 35.5. The molecule has 0 aromatic heterocycles. The first-order chi connectivity index (χ1) is 15.5. The van der Waals surface area contributed by atoms with Gasteiger partial charge in [-0.3, -0.25) is 9.59 Å². The fraction of sp³-hybridized carbons (Fsp3) is 0.231. The molecule has 0 saturated heterocycles. The van der Waals surface area contributed by atoms with Crippen LogP contribution in [0.4, 0.5) is 0 Å². The lowest BCUT2D eigenvalue weighted by Crippen LogP contribution is -2.49. The van der Waals surface area contributed by atoms with Gasteiger partial charge in [0.25, 0.3) is 0 Å². The van der Waals surface area contributed by atoms with Gasteiger partial charge in [-0.2, -0.15) is 0 Å². The maximum absolute atomic E-state index is 13.3. The zero-order valence-electron chi connectivity index (χ0n) is 18.3. The summed E-state index contributed by atoms with van der Waals surface area (Å²) in [5.41, 5.74) is 2.75. The van der Waals surface area contributed by atoms with Crippen LogP contribution in [0, 0.1) is 0 Å². The Morgan fingerprint density at radius 1 is 0.938 bits per heavy atom. The Balaban J connectivity index is 1.84. The monoisotopic (exact) mass is 450 g/mol. The number of benzene rings is 3. The molecule has 3 aromatic carbocycles. The molecule has 32 heavy (non-hydrogen) atoms. The molecule has 0 radical (unpaired) electrons. The van der Waals surface area contributed by atoms with E-state index in [2.05, 4.69) is 5.32 Å². The van der Waals surface area contributed by atoms with Crippen molar-refractivity contribution in [2.24, 2.45) is 0 Å². The maximum atomic E-state index is 13.3. The highest BCUT2D eigenvalue weighted by Gasteiger charge is 2.28. The van der Waals surface area contributed by atoms with E-state index in [1.165, 1.54) is 6.92 Å². The number of para-hydroxylation sites is 1. The van der Waals surface area contributed by atoms with Gasteiger partial charge in [0.05, 0.1) is 7.11 Å². The minimum Gasteiger partial charge on any atom is -0.496 e. The molecule has 2 amide bonds. The summed E-state index contributed by atoms with van der Waals surface area (Å²) in [4.78, 5) is 27.6. The smallest absolute Gasteiger partial charge is 0.243 e. The topological polar surface area (TPSA) is 58.6 Å². The van der Waals surface area contributed by atoms with Gasteiger partial charge in [0.2, 0.25) is 11.8 Å². The average molecular weight is 451 g/mol. The summed E-state index contributed by atoms with van der Waals surface area (Å²) in [6.07, 6.45) is 0.408. The molecule has 0 aliphatic heterocycles. The molecule has 0 saturated carbocycles. The Morgan fingerprint density at radius 3 is 2.25 bits per heavy atom. The van der Waals surface area contributed by atoms with Crippen LogP contribution in [-0.4, -0.2) is 29.9 Å². The van der Waals surface area contributed by atoms with Crippen molar-refractivity contribution in [1.82, 2.24) is 10.2 Å². The molecule has 1 atom stereocenters. The molecular weight excluding hydrogens is 424 g/mol. The molecule has 3 aromatic rings. The van der Waals surface area contributed by atoms with E-state index in [-0.39, 0.29) is 11.8 Å². The van der Waals surface area contributed by atoms with E-state index in [1.807, 2.05) is 66.7 Å². The van der Waals surface area contributed by atoms with Gasteiger partial charge >= 0.3 is 0 Å². The second-order valence-electron chi connectivity index (χ2n) is 7.51. The van der Waals surface area contributed by atoms with E-state index in [9.17, 15) is 9.59 Å². The summed E-state index contributed by atoms with van der Waals surface area (Å²) < 4.78 is 5.38. The van der Waals surface area contributed by atoms with E-state index in [4.69, 9.17) is 16.3 Å². The van der Waals surface area contributed by atoms with Crippen molar-refractivity contribution in [2.45, 2.75) is 32.5 Å². The van der Waals surface area contributed by atoms with Gasteiger partial charge in [-0.1, -0.05) is 72.3 Å². The van der Waals surface area contributed by atoms with Crippen molar-refractivity contribution >= 4 is 23.4 Å². The first-order valence-electron chi connectivity index (χ1n) is 10.4. The Hall–Kier alpha value is -3.31. The molecule has 3 rings (SSSR count). The van der Waals surface area contributed by atoms with Gasteiger partial charge in [0.15, 0.2) is 0 Å². The predicted molar refractivity (Wildman–Crippen MR) is 126 cm³/mol. The normalized spacial score (nSPS) is 11.5. The van der Waals surface area contributed by atoms with Gasteiger partial charge in [0, 0.05) is 37.0 Å². The van der Waals surface area contributed by atoms with Crippen LogP contribution in [0.3, 0.4) is 0 Å². The number of carbonyl (C=O) groups excluding carboxylic acids is 2. The minimum atomic E-state index is -0.666. The molecule has 0 heterocycles. The van der Waals surface area contributed by atoms with Crippen LogP contribution in [-0.2, 0) is 29.1 Å². The largest absolute Gasteiger partial charge is 0.496 e.